The van der Waals surface area contributed by atoms with Gasteiger partial charge < -0.3 is 4.42 Å². The number of aromatic nitrogens is 3. The number of sulfonamides is 1. The van der Waals surface area contributed by atoms with Crippen molar-refractivity contribution in [2.24, 2.45) is 0 Å². The van der Waals surface area contributed by atoms with Crippen molar-refractivity contribution < 1.29 is 17.2 Å². The molecule has 3 rings (SSSR count). The second-order valence-electron chi connectivity index (χ2n) is 6.43. The molecule has 8 nitrogen and oxygen atoms in total. The van der Waals surface area contributed by atoms with E-state index in [1.165, 1.54) is 30.6 Å². The highest BCUT2D eigenvalue weighted by molar-refractivity contribution is 7.89. The Hall–Kier alpha value is -2.85. The number of hydrogen-bond donors (Lipinski definition) is 2. The van der Waals surface area contributed by atoms with Crippen LogP contribution in [-0.4, -0.2) is 23.6 Å². The van der Waals surface area contributed by atoms with E-state index in [1.54, 1.807) is 19.9 Å². The number of nitrogens with zero attached hydrogens (tertiary/aromatic N) is 2. The molecule has 10 heteroatoms. The van der Waals surface area contributed by atoms with Gasteiger partial charge in [0, 0.05) is 18.3 Å². The lowest BCUT2D eigenvalue weighted by Gasteiger charge is -2.25. The molecule has 2 aromatic heterocycles. The van der Waals surface area contributed by atoms with Crippen molar-refractivity contribution >= 4 is 10.0 Å². The van der Waals surface area contributed by atoms with Crippen LogP contribution >= 0.6 is 0 Å². The third-order valence-corrected chi connectivity index (χ3v) is 6.06. The highest BCUT2D eigenvalue weighted by Gasteiger charge is 2.33. The normalized spacial score (nSPS) is 14.0. The van der Waals surface area contributed by atoms with Crippen molar-refractivity contribution in [3.63, 3.8) is 0 Å². The standard InChI is InChI=1S/C18H19FN4O4S/c1-10-6-7-14(19)15(11(10)2)12(3)16(17-21-22-18(24)27-17)23-28(25,26)13-5-4-8-20-9-13/h4-9,12,16,23H,1-3H3,(H,22,24)/t12-,16-/m0/s1. The number of pyridine rings is 1. The lowest BCUT2D eigenvalue weighted by atomic mass is 9.88. The quantitative estimate of drug-likeness (QED) is 0.649. The molecule has 0 saturated heterocycles. The molecule has 3 aromatic rings. The molecule has 2 N–H and O–H groups in total. The maximum Gasteiger partial charge on any atom is 0.434 e. The molecular weight excluding hydrogens is 387 g/mol. The zero-order chi connectivity index (χ0) is 20.5. The molecule has 0 aliphatic carbocycles. The van der Waals surface area contributed by atoms with Crippen molar-refractivity contribution in [3.05, 3.63) is 75.6 Å². The van der Waals surface area contributed by atoms with Gasteiger partial charge in [-0.3, -0.25) is 4.98 Å². The van der Waals surface area contributed by atoms with Crippen LogP contribution in [-0.2, 0) is 10.0 Å². The van der Waals surface area contributed by atoms with Gasteiger partial charge in [0.15, 0.2) is 0 Å². The van der Waals surface area contributed by atoms with Crippen molar-refractivity contribution in [3.8, 4) is 0 Å². The Morgan fingerprint density at radius 3 is 2.61 bits per heavy atom. The summed E-state index contributed by atoms with van der Waals surface area (Å²) in [5.74, 6) is -2.24. The second kappa shape index (κ2) is 7.64. The summed E-state index contributed by atoms with van der Waals surface area (Å²) in [6.45, 7) is 5.21. The van der Waals surface area contributed by atoms with Gasteiger partial charge in [-0.05, 0) is 48.7 Å². The van der Waals surface area contributed by atoms with Crippen LogP contribution in [0.2, 0.25) is 0 Å². The molecule has 2 atom stereocenters. The Morgan fingerprint density at radius 1 is 1.25 bits per heavy atom. The fourth-order valence-corrected chi connectivity index (χ4v) is 4.24. The largest absolute Gasteiger partial charge is 0.434 e. The Morgan fingerprint density at radius 2 is 2.00 bits per heavy atom. The predicted octanol–water partition coefficient (Wildman–Crippen LogP) is 2.34. The SMILES string of the molecule is Cc1ccc(F)c([C@H](C)[C@H](NS(=O)(=O)c2cccnc2)c2n[nH]c(=O)o2)c1C. The number of aryl methyl sites for hydroxylation is 1. The summed E-state index contributed by atoms with van der Waals surface area (Å²) in [6, 6.07) is 4.69. The van der Waals surface area contributed by atoms with Gasteiger partial charge in [0.1, 0.15) is 16.8 Å². The van der Waals surface area contributed by atoms with Gasteiger partial charge >= 0.3 is 5.76 Å². The van der Waals surface area contributed by atoms with Gasteiger partial charge in [0.2, 0.25) is 15.9 Å². The highest BCUT2D eigenvalue weighted by Crippen LogP contribution is 2.35. The Balaban J connectivity index is 2.09. The Bertz CT molecular complexity index is 1140. The first-order valence-corrected chi connectivity index (χ1v) is 9.92. The molecule has 0 spiro atoms. The molecule has 0 fully saturated rings. The highest BCUT2D eigenvalue weighted by atomic mass is 32.2. The summed E-state index contributed by atoms with van der Waals surface area (Å²) in [5.41, 5.74) is 1.83. The van der Waals surface area contributed by atoms with Gasteiger partial charge in [0.25, 0.3) is 0 Å². The first kappa shape index (κ1) is 19.9. The Kier molecular flexibility index (Phi) is 5.43. The Labute approximate surface area is 160 Å². The van der Waals surface area contributed by atoms with E-state index in [0.29, 0.717) is 11.1 Å². The van der Waals surface area contributed by atoms with Gasteiger partial charge in [-0.2, -0.15) is 4.72 Å². The van der Waals surface area contributed by atoms with E-state index in [0.717, 1.165) is 5.56 Å². The van der Waals surface area contributed by atoms with Gasteiger partial charge in [-0.15, -0.1) is 5.10 Å². The monoisotopic (exact) mass is 406 g/mol. The number of rotatable bonds is 6. The van der Waals surface area contributed by atoms with Crippen molar-refractivity contribution in [1.29, 1.82) is 0 Å². The smallest absolute Gasteiger partial charge is 0.391 e. The van der Waals surface area contributed by atoms with Gasteiger partial charge in [-0.25, -0.2) is 22.7 Å². The average molecular weight is 406 g/mol. The molecule has 0 amide bonds. The minimum atomic E-state index is -4.04. The molecule has 0 bridgehead atoms. The van der Waals surface area contributed by atoms with Gasteiger partial charge in [-0.1, -0.05) is 13.0 Å². The predicted molar refractivity (Wildman–Crippen MR) is 98.7 cm³/mol. The summed E-state index contributed by atoms with van der Waals surface area (Å²) < 4.78 is 47.7. The molecule has 0 unspecified atom stereocenters. The van der Waals surface area contributed by atoms with Crippen LogP contribution in [0.15, 0.2) is 50.8 Å². The third kappa shape index (κ3) is 3.87. The van der Waals surface area contributed by atoms with E-state index in [4.69, 9.17) is 4.42 Å². The lowest BCUT2D eigenvalue weighted by Crippen LogP contribution is -2.33. The van der Waals surface area contributed by atoms with Crippen LogP contribution in [0.4, 0.5) is 4.39 Å². The average Bonchev–Trinajstić information content (AvgIpc) is 3.10. The molecule has 0 aliphatic heterocycles. The zero-order valence-electron chi connectivity index (χ0n) is 15.4. The van der Waals surface area contributed by atoms with Crippen LogP contribution in [0.25, 0.3) is 0 Å². The van der Waals surface area contributed by atoms with E-state index in [1.807, 2.05) is 6.92 Å². The van der Waals surface area contributed by atoms with E-state index in [2.05, 4.69) is 19.9 Å². The van der Waals surface area contributed by atoms with Crippen molar-refractivity contribution in [2.75, 3.05) is 0 Å². The number of halogens is 1. The van der Waals surface area contributed by atoms with Crippen LogP contribution in [0.5, 0.6) is 0 Å². The van der Waals surface area contributed by atoms with Crippen LogP contribution in [0.3, 0.4) is 0 Å². The molecule has 0 saturated carbocycles. The number of hydrogen-bond acceptors (Lipinski definition) is 6. The van der Waals surface area contributed by atoms with E-state index >= 15 is 0 Å². The third-order valence-electron chi connectivity index (χ3n) is 4.64. The van der Waals surface area contributed by atoms with Crippen LogP contribution < -0.4 is 10.5 Å². The second-order valence-corrected chi connectivity index (χ2v) is 8.14. The molecule has 148 valence electrons. The van der Waals surface area contributed by atoms with Crippen molar-refractivity contribution in [1.82, 2.24) is 19.9 Å². The maximum absolute atomic E-state index is 14.6. The summed E-state index contributed by atoms with van der Waals surface area (Å²) in [5, 5.41) is 5.86. The molecule has 1 aromatic carbocycles. The maximum atomic E-state index is 14.6. The fourth-order valence-electron chi connectivity index (χ4n) is 3.01. The minimum absolute atomic E-state index is 0.0773. The minimum Gasteiger partial charge on any atom is -0.391 e. The number of aromatic amines is 1. The van der Waals surface area contributed by atoms with E-state index in [-0.39, 0.29) is 10.8 Å². The van der Waals surface area contributed by atoms with E-state index < -0.39 is 33.6 Å². The van der Waals surface area contributed by atoms with Crippen LogP contribution in [0.1, 0.15) is 41.5 Å². The van der Waals surface area contributed by atoms with Gasteiger partial charge in [0.05, 0.1) is 0 Å². The summed E-state index contributed by atoms with van der Waals surface area (Å²) in [7, 11) is -4.04. The first-order chi connectivity index (χ1) is 13.2. The number of nitrogens with one attached hydrogen (secondary N) is 2. The molecule has 0 aliphatic rings. The number of benzene rings is 1. The molecule has 0 radical (unpaired) electrons. The van der Waals surface area contributed by atoms with Crippen LogP contribution in [0, 0.1) is 19.7 Å². The van der Waals surface area contributed by atoms with E-state index in [9.17, 15) is 17.6 Å². The molecule has 28 heavy (non-hydrogen) atoms. The zero-order valence-corrected chi connectivity index (χ0v) is 16.2. The van der Waals surface area contributed by atoms with Crippen molar-refractivity contribution in [2.45, 2.75) is 37.6 Å². The fraction of sp³-hybridized carbons (Fsp3) is 0.278. The molecular formula is C18H19FN4O4S. The lowest BCUT2D eigenvalue weighted by molar-refractivity contribution is 0.376. The summed E-state index contributed by atoms with van der Waals surface area (Å²) >= 11 is 0. The summed E-state index contributed by atoms with van der Waals surface area (Å²) in [4.78, 5) is 15.2. The topological polar surface area (TPSA) is 118 Å². The first-order valence-electron chi connectivity index (χ1n) is 8.44. The molecule has 2 heterocycles. The summed E-state index contributed by atoms with van der Waals surface area (Å²) in [6.07, 6.45) is 2.63. The number of H-pyrrole nitrogens is 1.